The number of H-pyrrole nitrogens is 1. The highest BCUT2D eigenvalue weighted by Crippen LogP contribution is 2.36. The van der Waals surface area contributed by atoms with Gasteiger partial charge in [0.05, 0.1) is 29.2 Å². The minimum atomic E-state index is -0.669. The zero-order valence-corrected chi connectivity index (χ0v) is 18.4. The minimum Gasteiger partial charge on any atom is -0.493 e. The Kier molecular flexibility index (Phi) is 5.49. The van der Waals surface area contributed by atoms with Crippen LogP contribution in [0.25, 0.3) is 22.2 Å². The number of aromatic nitrogens is 3. The molecule has 34 heavy (non-hydrogen) atoms. The fraction of sp³-hybridized carbons (Fsp3) is 0.240. The number of fused-ring (bicyclic) bond motifs is 1. The molecule has 0 aliphatic heterocycles. The van der Waals surface area contributed by atoms with Crippen LogP contribution >= 0.6 is 0 Å². The van der Waals surface area contributed by atoms with Crippen molar-refractivity contribution >= 4 is 10.9 Å². The van der Waals surface area contributed by atoms with E-state index in [2.05, 4.69) is 15.0 Å². The van der Waals surface area contributed by atoms with Crippen LogP contribution in [0.4, 0.5) is 8.78 Å². The Morgan fingerprint density at radius 2 is 1.85 bits per heavy atom. The van der Waals surface area contributed by atoms with E-state index in [9.17, 15) is 13.6 Å². The third kappa shape index (κ3) is 4.60. The lowest BCUT2D eigenvalue weighted by atomic mass is 10.1. The van der Waals surface area contributed by atoms with E-state index in [1.165, 1.54) is 19.2 Å². The molecule has 0 radical (unpaired) electrons. The molecule has 0 bridgehead atoms. The van der Waals surface area contributed by atoms with Gasteiger partial charge in [-0.2, -0.15) is 0 Å². The van der Waals surface area contributed by atoms with Gasteiger partial charge in [0.25, 0.3) is 5.56 Å². The molecule has 174 valence electrons. The van der Waals surface area contributed by atoms with Crippen molar-refractivity contribution in [3.8, 4) is 22.8 Å². The van der Waals surface area contributed by atoms with Gasteiger partial charge in [0.1, 0.15) is 24.1 Å². The highest BCUT2D eigenvalue weighted by atomic mass is 19.1. The smallest absolute Gasteiger partial charge is 0.258 e. The number of halogens is 2. The predicted molar refractivity (Wildman–Crippen MR) is 123 cm³/mol. The summed E-state index contributed by atoms with van der Waals surface area (Å²) < 4.78 is 38.2. The topological polar surface area (TPSA) is 103 Å². The molecule has 2 aromatic heterocycles. The molecule has 0 saturated heterocycles. The second-order valence-electron chi connectivity index (χ2n) is 8.57. The number of nitrogens with one attached hydrogen (secondary N) is 1. The Morgan fingerprint density at radius 1 is 1.09 bits per heavy atom. The summed E-state index contributed by atoms with van der Waals surface area (Å²) in [6.45, 7) is 0.359. The zero-order valence-electron chi connectivity index (χ0n) is 18.4. The van der Waals surface area contributed by atoms with Gasteiger partial charge in [-0.15, -0.1) is 0 Å². The zero-order chi connectivity index (χ0) is 23.9. The van der Waals surface area contributed by atoms with Crippen LogP contribution in [0.15, 0.2) is 53.5 Å². The molecule has 1 aliphatic carbocycles. The monoisotopic (exact) mass is 464 g/mol. The third-order valence-corrected chi connectivity index (χ3v) is 5.80. The molecular weight excluding hydrogens is 442 g/mol. The number of nitrogens with zero attached hydrogens (tertiary/aromatic N) is 2. The lowest BCUT2D eigenvalue weighted by Gasteiger charge is -2.15. The summed E-state index contributed by atoms with van der Waals surface area (Å²) in [6, 6.07) is 9.97. The molecule has 1 fully saturated rings. The van der Waals surface area contributed by atoms with Crippen molar-refractivity contribution in [3.05, 3.63) is 82.0 Å². The molecule has 2 aromatic carbocycles. The van der Waals surface area contributed by atoms with Crippen LogP contribution in [0, 0.1) is 11.6 Å². The van der Waals surface area contributed by atoms with Crippen LogP contribution in [0.3, 0.4) is 0 Å². The van der Waals surface area contributed by atoms with E-state index >= 15 is 0 Å². The Bertz CT molecular complexity index is 1410. The highest BCUT2D eigenvalue weighted by molar-refractivity contribution is 5.81. The van der Waals surface area contributed by atoms with Crippen molar-refractivity contribution in [2.75, 3.05) is 13.7 Å². The molecule has 1 aliphatic rings. The molecule has 0 unspecified atom stereocenters. The second kappa shape index (κ2) is 8.49. The number of pyridine rings is 1. The van der Waals surface area contributed by atoms with E-state index in [1.54, 1.807) is 30.5 Å². The fourth-order valence-corrected chi connectivity index (χ4v) is 3.67. The van der Waals surface area contributed by atoms with Crippen LogP contribution in [0.5, 0.6) is 11.5 Å². The molecule has 3 N–H and O–H groups in total. The number of ether oxygens (including phenoxy) is 2. The highest BCUT2D eigenvalue weighted by Gasteiger charge is 2.39. The summed E-state index contributed by atoms with van der Waals surface area (Å²) in [4.78, 5) is 24.4. The van der Waals surface area contributed by atoms with Gasteiger partial charge >= 0.3 is 0 Å². The number of hydrogen-bond donors (Lipinski definition) is 2. The molecule has 2 heterocycles. The molecule has 7 nitrogen and oxygen atoms in total. The number of hydrogen-bond acceptors (Lipinski definition) is 6. The summed E-state index contributed by atoms with van der Waals surface area (Å²) in [5.74, 6) is 0.0158. The van der Waals surface area contributed by atoms with Crippen molar-refractivity contribution < 1.29 is 18.3 Å². The molecule has 9 heteroatoms. The van der Waals surface area contributed by atoms with E-state index in [4.69, 9.17) is 15.2 Å². The van der Waals surface area contributed by atoms with Crippen LogP contribution in [-0.2, 0) is 6.42 Å². The van der Waals surface area contributed by atoms with Crippen molar-refractivity contribution in [1.82, 2.24) is 15.0 Å². The Hall–Kier alpha value is -3.85. The molecular formula is C25H22F2N4O3. The Balaban J connectivity index is 1.41. The average Bonchev–Trinajstić information content (AvgIpc) is 3.54. The van der Waals surface area contributed by atoms with Crippen molar-refractivity contribution in [2.24, 2.45) is 5.73 Å². The largest absolute Gasteiger partial charge is 0.493 e. The van der Waals surface area contributed by atoms with Gasteiger partial charge in [0.15, 0.2) is 11.5 Å². The van der Waals surface area contributed by atoms with Crippen molar-refractivity contribution in [1.29, 1.82) is 0 Å². The maximum absolute atomic E-state index is 13.5. The average molecular weight is 464 g/mol. The van der Waals surface area contributed by atoms with Crippen LogP contribution < -0.4 is 20.8 Å². The number of aromatic amines is 1. The molecule has 0 spiro atoms. The first-order valence-corrected chi connectivity index (χ1v) is 10.8. The van der Waals surface area contributed by atoms with E-state index in [0.29, 0.717) is 52.5 Å². The normalized spacial score (nSPS) is 14.2. The minimum absolute atomic E-state index is 0.302. The first-order valence-electron chi connectivity index (χ1n) is 10.8. The first kappa shape index (κ1) is 22.0. The lowest BCUT2D eigenvalue weighted by Crippen LogP contribution is -2.29. The molecule has 0 amide bonds. The summed E-state index contributed by atoms with van der Waals surface area (Å²) >= 11 is 0. The summed E-state index contributed by atoms with van der Waals surface area (Å²) in [5, 5.41) is 0.378. The quantitative estimate of drug-likeness (QED) is 0.432. The van der Waals surface area contributed by atoms with E-state index < -0.39 is 11.6 Å². The van der Waals surface area contributed by atoms with Crippen molar-refractivity contribution in [2.45, 2.75) is 24.8 Å². The van der Waals surface area contributed by atoms with Crippen LogP contribution in [0.1, 0.15) is 24.2 Å². The predicted octanol–water partition coefficient (Wildman–Crippen LogP) is 3.73. The van der Waals surface area contributed by atoms with E-state index in [0.717, 1.165) is 24.5 Å². The molecule has 4 aromatic rings. The van der Waals surface area contributed by atoms with Gasteiger partial charge in [0.2, 0.25) is 0 Å². The van der Waals surface area contributed by atoms with Crippen LogP contribution in [0.2, 0.25) is 0 Å². The number of nitrogens with two attached hydrogens (primary N) is 1. The van der Waals surface area contributed by atoms with Gasteiger partial charge in [-0.3, -0.25) is 9.78 Å². The van der Waals surface area contributed by atoms with E-state index in [1.807, 2.05) is 0 Å². The first-order chi connectivity index (χ1) is 16.3. The lowest BCUT2D eigenvalue weighted by molar-refractivity contribution is 0.264. The van der Waals surface area contributed by atoms with Crippen LogP contribution in [-0.4, -0.2) is 34.2 Å². The third-order valence-electron chi connectivity index (χ3n) is 5.80. The van der Waals surface area contributed by atoms with Gasteiger partial charge in [0, 0.05) is 30.3 Å². The summed E-state index contributed by atoms with van der Waals surface area (Å²) in [6.07, 6.45) is 3.71. The molecule has 0 atom stereocenters. The van der Waals surface area contributed by atoms with Gasteiger partial charge in [-0.05, 0) is 42.7 Å². The van der Waals surface area contributed by atoms with Gasteiger partial charge < -0.3 is 20.2 Å². The number of methoxy groups -OCH3 is 1. The Labute approximate surface area is 193 Å². The summed E-state index contributed by atoms with van der Waals surface area (Å²) in [7, 11) is 1.51. The van der Waals surface area contributed by atoms with Crippen molar-refractivity contribution in [3.63, 3.8) is 0 Å². The van der Waals surface area contributed by atoms with Gasteiger partial charge in [-0.25, -0.2) is 13.8 Å². The Morgan fingerprint density at radius 3 is 2.50 bits per heavy atom. The second-order valence-corrected chi connectivity index (χ2v) is 8.57. The maximum atomic E-state index is 13.5. The molecule has 5 rings (SSSR count). The molecule has 1 saturated carbocycles. The fourth-order valence-electron chi connectivity index (χ4n) is 3.67. The number of rotatable bonds is 7. The number of benzene rings is 2. The standard InChI is InChI=1S/C25H22F2N4O3/c1-33-21-10-18-20(11-22(21)34-13-25(28)4-5-25)30-23(31-24(18)32)6-14-2-3-19(29-12-14)15-7-16(26)9-17(27)8-15/h2-3,7-12H,4-6,13,28H2,1H3,(H,30,31,32). The SMILES string of the molecule is COc1cc2c(=O)[nH]c(Cc3ccc(-c4cc(F)cc(F)c4)nc3)nc2cc1OCC1(N)CC1. The van der Waals surface area contributed by atoms with Gasteiger partial charge in [-0.1, -0.05) is 6.07 Å². The summed E-state index contributed by atoms with van der Waals surface area (Å²) in [5.41, 5.74) is 7.52. The maximum Gasteiger partial charge on any atom is 0.258 e. The van der Waals surface area contributed by atoms with E-state index in [-0.39, 0.29) is 11.1 Å².